The van der Waals surface area contributed by atoms with E-state index in [2.05, 4.69) is 157 Å². The molecule has 0 saturated heterocycles. The largest absolute Gasteiger partial charge is 0.456 e. The van der Waals surface area contributed by atoms with Gasteiger partial charge in [-0.3, -0.25) is 0 Å². The molecule has 3 aromatic heterocycles. The summed E-state index contributed by atoms with van der Waals surface area (Å²) in [5, 5.41) is 7.08. The van der Waals surface area contributed by atoms with E-state index in [1.807, 2.05) is 35.6 Å². The summed E-state index contributed by atoms with van der Waals surface area (Å²) in [5.74, 6) is 0. The molecule has 0 unspecified atom stereocenters. The maximum Gasteiger partial charge on any atom is 0.143 e. The van der Waals surface area contributed by atoms with Crippen molar-refractivity contribution in [1.82, 2.24) is 0 Å². The van der Waals surface area contributed by atoms with Crippen molar-refractivity contribution in [3.05, 3.63) is 176 Å². The van der Waals surface area contributed by atoms with Crippen molar-refractivity contribution in [3.8, 4) is 22.3 Å². The van der Waals surface area contributed by atoms with Crippen molar-refractivity contribution in [2.45, 2.75) is 0 Å². The number of rotatable bonds is 5. The Morgan fingerprint density at radius 2 is 1.04 bits per heavy atom. The van der Waals surface area contributed by atoms with Crippen LogP contribution in [0.4, 0.5) is 17.1 Å². The van der Waals surface area contributed by atoms with E-state index in [0.29, 0.717) is 0 Å². The highest BCUT2D eigenvalue weighted by Gasteiger charge is 2.20. The second-order valence-electron chi connectivity index (χ2n) is 13.3. The lowest BCUT2D eigenvalue weighted by atomic mass is 10.0. The minimum absolute atomic E-state index is 0.902. The maximum atomic E-state index is 6.48. The summed E-state index contributed by atoms with van der Waals surface area (Å²) in [4.78, 5) is 2.40. The molecule has 0 amide bonds. The third kappa shape index (κ3) is 4.51. The second-order valence-corrected chi connectivity index (χ2v) is 14.3. The van der Waals surface area contributed by atoms with Crippen molar-refractivity contribution in [3.63, 3.8) is 0 Å². The number of benzene rings is 8. The van der Waals surface area contributed by atoms with Crippen LogP contribution >= 0.6 is 11.3 Å². The summed E-state index contributed by atoms with van der Waals surface area (Å²) in [6.07, 6.45) is 0. The lowest BCUT2D eigenvalue weighted by Crippen LogP contribution is -2.10. The van der Waals surface area contributed by atoms with Crippen LogP contribution in [-0.4, -0.2) is 0 Å². The molecule has 0 aliphatic carbocycles. The zero-order chi connectivity index (χ0) is 34.2. The van der Waals surface area contributed by atoms with Crippen LogP contribution in [-0.2, 0) is 0 Å². The summed E-state index contributed by atoms with van der Waals surface area (Å²) in [5.41, 5.74) is 11.4. The Hall–Kier alpha value is -6.62. The monoisotopic (exact) mass is 683 g/mol. The molecule has 0 fully saturated rings. The second kappa shape index (κ2) is 11.5. The Morgan fingerprint density at radius 1 is 0.385 bits per heavy atom. The van der Waals surface area contributed by atoms with Gasteiger partial charge in [0.2, 0.25) is 0 Å². The molecule has 0 radical (unpaired) electrons. The lowest BCUT2D eigenvalue weighted by Gasteiger charge is -2.27. The summed E-state index contributed by atoms with van der Waals surface area (Å²) >= 11 is 1.85. The molecular weight excluding hydrogens is 655 g/mol. The molecule has 0 aliphatic rings. The fourth-order valence-electron chi connectivity index (χ4n) is 7.83. The molecular formula is C48H29NO2S. The third-order valence-electron chi connectivity index (χ3n) is 10.3. The van der Waals surface area contributed by atoms with Gasteiger partial charge in [-0.2, -0.15) is 0 Å². The number of furan rings is 2. The van der Waals surface area contributed by atoms with E-state index in [-0.39, 0.29) is 0 Å². The topological polar surface area (TPSA) is 29.5 Å². The zero-order valence-electron chi connectivity index (χ0n) is 27.9. The molecule has 0 spiro atoms. The minimum Gasteiger partial charge on any atom is -0.456 e. The Bertz CT molecular complexity index is 3150. The van der Waals surface area contributed by atoms with Crippen LogP contribution in [0.15, 0.2) is 185 Å². The lowest BCUT2D eigenvalue weighted by molar-refractivity contribution is 0.669. The quantitative estimate of drug-likeness (QED) is 0.181. The number of anilines is 3. The molecule has 0 bridgehead atoms. The van der Waals surface area contributed by atoms with E-state index < -0.39 is 0 Å². The Morgan fingerprint density at radius 3 is 1.90 bits per heavy atom. The summed E-state index contributed by atoms with van der Waals surface area (Å²) in [7, 11) is 0. The van der Waals surface area contributed by atoms with Gasteiger partial charge in [0.05, 0.1) is 10.4 Å². The Kier molecular flexibility index (Phi) is 6.42. The minimum atomic E-state index is 0.902. The first-order valence-corrected chi connectivity index (χ1v) is 18.3. The number of fused-ring (bicyclic) bond motifs is 9. The number of nitrogens with zero attached hydrogens (tertiary/aromatic N) is 1. The van der Waals surface area contributed by atoms with Gasteiger partial charge >= 0.3 is 0 Å². The molecule has 11 rings (SSSR count). The van der Waals surface area contributed by atoms with Crippen LogP contribution in [0.5, 0.6) is 0 Å². The smallest absolute Gasteiger partial charge is 0.143 e. The highest BCUT2D eigenvalue weighted by molar-refractivity contribution is 7.26. The van der Waals surface area contributed by atoms with Crippen molar-refractivity contribution in [1.29, 1.82) is 0 Å². The predicted molar refractivity (Wildman–Crippen MR) is 219 cm³/mol. The molecule has 3 heterocycles. The molecule has 244 valence electrons. The maximum absolute atomic E-state index is 6.48. The number of hydrogen-bond acceptors (Lipinski definition) is 4. The van der Waals surface area contributed by atoms with Crippen LogP contribution in [0.25, 0.3) is 86.3 Å². The van der Waals surface area contributed by atoms with Crippen LogP contribution in [0, 0.1) is 0 Å². The summed E-state index contributed by atoms with van der Waals surface area (Å²) in [6, 6.07) is 62.6. The van der Waals surface area contributed by atoms with Crippen LogP contribution in [0.2, 0.25) is 0 Å². The number of hydrogen-bond donors (Lipinski definition) is 0. The molecule has 52 heavy (non-hydrogen) atoms. The highest BCUT2D eigenvalue weighted by Crippen LogP contribution is 2.46. The van der Waals surface area contributed by atoms with E-state index in [1.54, 1.807) is 0 Å². The van der Waals surface area contributed by atoms with E-state index in [1.165, 1.54) is 20.2 Å². The fraction of sp³-hybridized carbons (Fsp3) is 0. The van der Waals surface area contributed by atoms with Gasteiger partial charge < -0.3 is 13.7 Å². The van der Waals surface area contributed by atoms with Crippen molar-refractivity contribution < 1.29 is 8.83 Å². The molecule has 0 aliphatic heterocycles. The highest BCUT2D eigenvalue weighted by atomic mass is 32.1. The third-order valence-corrected chi connectivity index (χ3v) is 11.5. The van der Waals surface area contributed by atoms with Gasteiger partial charge in [-0.1, -0.05) is 115 Å². The SMILES string of the molecule is c1cc(-c2cccc3c2oc2ccccc23)cc(N(c2ccc(-c3ccc4oc5ccccc5c4c3)cc2)c2cccc3c2sc2ccccc23)c1. The van der Waals surface area contributed by atoms with Gasteiger partial charge in [0, 0.05) is 54.0 Å². The predicted octanol–water partition coefficient (Wildman–Crippen LogP) is 14.7. The molecule has 11 aromatic rings. The number of thiophene rings is 1. The average molecular weight is 684 g/mol. The van der Waals surface area contributed by atoms with Crippen molar-refractivity contribution >= 4 is 92.4 Å². The average Bonchev–Trinajstić information content (AvgIpc) is 3.90. The molecule has 0 N–H and O–H groups in total. The first-order chi connectivity index (χ1) is 25.8. The molecule has 3 nitrogen and oxygen atoms in total. The van der Waals surface area contributed by atoms with Crippen molar-refractivity contribution in [2.24, 2.45) is 0 Å². The van der Waals surface area contributed by atoms with Gasteiger partial charge in [-0.15, -0.1) is 11.3 Å². The standard InChI is InChI=1S/C48H29NO2S/c1-5-20-44-36(12-1)39-16-8-15-35(47(39)51-44)32-10-7-11-34(28-32)49(42-18-9-17-40-38-14-3-6-21-46(38)52-48(40)42)33-25-22-30(23-26-33)31-24-27-45-41(29-31)37-13-2-4-19-43(37)50-45/h1-29H. The first-order valence-electron chi connectivity index (χ1n) is 17.5. The van der Waals surface area contributed by atoms with Gasteiger partial charge in [0.1, 0.15) is 22.3 Å². The van der Waals surface area contributed by atoms with E-state index in [0.717, 1.165) is 83.2 Å². The molecule has 8 aromatic carbocycles. The summed E-state index contributed by atoms with van der Waals surface area (Å²) in [6.45, 7) is 0. The Balaban J connectivity index is 1.08. The van der Waals surface area contributed by atoms with Crippen LogP contribution in [0.1, 0.15) is 0 Å². The number of para-hydroxylation sites is 3. The zero-order valence-corrected chi connectivity index (χ0v) is 28.7. The molecule has 0 saturated carbocycles. The van der Waals surface area contributed by atoms with E-state index in [4.69, 9.17) is 8.83 Å². The normalized spacial score (nSPS) is 11.8. The first kappa shape index (κ1) is 29.1. The van der Waals surface area contributed by atoms with Gasteiger partial charge in [-0.25, -0.2) is 0 Å². The van der Waals surface area contributed by atoms with Crippen LogP contribution < -0.4 is 4.90 Å². The van der Waals surface area contributed by atoms with Gasteiger partial charge in [0.25, 0.3) is 0 Å². The molecule has 0 atom stereocenters. The van der Waals surface area contributed by atoms with Crippen molar-refractivity contribution in [2.75, 3.05) is 4.90 Å². The van der Waals surface area contributed by atoms with Gasteiger partial charge in [-0.05, 0) is 77.4 Å². The van der Waals surface area contributed by atoms with Gasteiger partial charge in [0.15, 0.2) is 0 Å². The van der Waals surface area contributed by atoms with E-state index in [9.17, 15) is 0 Å². The van der Waals surface area contributed by atoms with Crippen LogP contribution in [0.3, 0.4) is 0 Å². The summed E-state index contributed by atoms with van der Waals surface area (Å²) < 4.78 is 15.1. The fourth-order valence-corrected chi connectivity index (χ4v) is 9.04. The molecule has 4 heteroatoms. The van der Waals surface area contributed by atoms with E-state index >= 15 is 0 Å². The Labute approximate surface area is 303 Å².